The molecule has 3 rings (SSSR count). The molecule has 116 valence electrons. The summed E-state index contributed by atoms with van der Waals surface area (Å²) in [7, 11) is 0. The lowest BCUT2D eigenvalue weighted by Gasteiger charge is -2.44. The Bertz CT molecular complexity index is 446. The van der Waals surface area contributed by atoms with Gasteiger partial charge in [0.05, 0.1) is 36.8 Å². The van der Waals surface area contributed by atoms with E-state index in [4.69, 9.17) is 4.74 Å². The molecule has 2 unspecified atom stereocenters. The van der Waals surface area contributed by atoms with E-state index in [2.05, 4.69) is 34.0 Å². The summed E-state index contributed by atoms with van der Waals surface area (Å²) < 4.78 is 5.92. The maximum Gasteiger partial charge on any atom is 0.147 e. The molecule has 0 spiro atoms. The monoisotopic (exact) mass is 290 g/mol. The van der Waals surface area contributed by atoms with Crippen molar-refractivity contribution < 1.29 is 4.74 Å². The molecule has 1 aromatic rings. The van der Waals surface area contributed by atoms with E-state index in [-0.39, 0.29) is 0 Å². The second-order valence-corrected chi connectivity index (χ2v) is 6.36. The summed E-state index contributed by atoms with van der Waals surface area (Å²) in [5.74, 6) is 1.00. The number of ether oxygens (including phenoxy) is 1. The maximum absolute atomic E-state index is 5.92. The second-order valence-electron chi connectivity index (χ2n) is 6.36. The number of rotatable bonds is 4. The largest absolute Gasteiger partial charge is 0.374 e. The van der Waals surface area contributed by atoms with Crippen molar-refractivity contribution in [3.05, 3.63) is 18.1 Å². The highest BCUT2D eigenvalue weighted by Gasteiger charge is 2.34. The summed E-state index contributed by atoms with van der Waals surface area (Å²) in [6.07, 6.45) is 9.20. The van der Waals surface area contributed by atoms with E-state index in [1.165, 1.54) is 25.7 Å². The predicted octanol–water partition coefficient (Wildman–Crippen LogP) is 2.12. The van der Waals surface area contributed by atoms with Crippen LogP contribution < -0.4 is 10.2 Å². The van der Waals surface area contributed by atoms with Crippen molar-refractivity contribution >= 4 is 5.82 Å². The molecule has 2 atom stereocenters. The molecule has 1 N–H and O–H groups in total. The van der Waals surface area contributed by atoms with Crippen LogP contribution in [0.15, 0.2) is 12.4 Å². The average Bonchev–Trinajstić information content (AvgIpc) is 2.53. The Kier molecular flexibility index (Phi) is 4.70. The molecule has 1 aliphatic heterocycles. The van der Waals surface area contributed by atoms with Crippen LogP contribution in [0, 0.1) is 0 Å². The molecule has 0 aromatic carbocycles. The first-order valence-corrected chi connectivity index (χ1v) is 8.16. The van der Waals surface area contributed by atoms with Crippen LogP contribution in [0.2, 0.25) is 0 Å². The summed E-state index contributed by atoms with van der Waals surface area (Å²) in [6.45, 7) is 6.79. The molecule has 21 heavy (non-hydrogen) atoms. The molecule has 2 aliphatic rings. The van der Waals surface area contributed by atoms with E-state index in [1.807, 2.05) is 12.4 Å². The van der Waals surface area contributed by atoms with E-state index < -0.39 is 0 Å². The van der Waals surface area contributed by atoms with E-state index in [0.29, 0.717) is 18.2 Å². The zero-order valence-corrected chi connectivity index (χ0v) is 13.1. The Balaban J connectivity index is 1.67. The van der Waals surface area contributed by atoms with Gasteiger partial charge < -0.3 is 15.0 Å². The quantitative estimate of drug-likeness (QED) is 0.920. The summed E-state index contributed by atoms with van der Waals surface area (Å²) >= 11 is 0. The number of nitrogens with one attached hydrogen (secondary N) is 1. The van der Waals surface area contributed by atoms with Crippen molar-refractivity contribution in [1.82, 2.24) is 15.3 Å². The van der Waals surface area contributed by atoms with Gasteiger partial charge >= 0.3 is 0 Å². The standard InChI is InChI=1S/C16H26N4O/c1-12(2)17-9-13-10-19-16(11-18-13)20-7-8-21-15-6-4-3-5-14(15)20/h10-12,14-15,17H,3-9H2,1-2H3. The highest BCUT2D eigenvalue weighted by Crippen LogP contribution is 2.30. The van der Waals surface area contributed by atoms with Gasteiger partial charge in [-0.2, -0.15) is 0 Å². The number of nitrogens with zero attached hydrogens (tertiary/aromatic N) is 3. The third kappa shape index (κ3) is 3.52. The van der Waals surface area contributed by atoms with Crippen molar-refractivity contribution in [3.63, 3.8) is 0 Å². The highest BCUT2D eigenvalue weighted by molar-refractivity contribution is 5.38. The average molecular weight is 290 g/mol. The normalized spacial score (nSPS) is 26.0. The van der Waals surface area contributed by atoms with Crippen LogP contribution in [0.25, 0.3) is 0 Å². The zero-order valence-electron chi connectivity index (χ0n) is 13.1. The molecular formula is C16H26N4O. The Hall–Kier alpha value is -1.20. The fourth-order valence-electron chi connectivity index (χ4n) is 3.28. The molecular weight excluding hydrogens is 264 g/mol. The minimum atomic E-state index is 0.386. The highest BCUT2D eigenvalue weighted by atomic mass is 16.5. The van der Waals surface area contributed by atoms with Crippen LogP contribution in [0.1, 0.15) is 45.2 Å². The SMILES string of the molecule is CC(C)NCc1cnc(N2CCOC3CCCCC32)cn1. The van der Waals surface area contributed by atoms with Crippen LogP contribution >= 0.6 is 0 Å². The van der Waals surface area contributed by atoms with E-state index in [0.717, 1.165) is 31.2 Å². The summed E-state index contributed by atoms with van der Waals surface area (Å²) in [5, 5.41) is 3.37. The Morgan fingerprint density at radius 2 is 2.14 bits per heavy atom. The van der Waals surface area contributed by atoms with Crippen molar-refractivity contribution in [1.29, 1.82) is 0 Å². The van der Waals surface area contributed by atoms with Crippen LogP contribution in [0.5, 0.6) is 0 Å². The van der Waals surface area contributed by atoms with Gasteiger partial charge in [-0.25, -0.2) is 4.98 Å². The minimum Gasteiger partial charge on any atom is -0.374 e. The van der Waals surface area contributed by atoms with Gasteiger partial charge in [0.25, 0.3) is 0 Å². The zero-order chi connectivity index (χ0) is 14.7. The van der Waals surface area contributed by atoms with Crippen molar-refractivity contribution in [2.45, 2.75) is 64.3 Å². The van der Waals surface area contributed by atoms with Gasteiger partial charge in [-0.15, -0.1) is 0 Å². The van der Waals surface area contributed by atoms with Gasteiger partial charge in [0.1, 0.15) is 5.82 Å². The third-order valence-electron chi connectivity index (χ3n) is 4.41. The van der Waals surface area contributed by atoms with Crippen LogP contribution in [0.3, 0.4) is 0 Å². The second kappa shape index (κ2) is 6.71. The van der Waals surface area contributed by atoms with E-state index >= 15 is 0 Å². The first kappa shape index (κ1) is 14.7. The van der Waals surface area contributed by atoms with E-state index in [9.17, 15) is 0 Å². The topological polar surface area (TPSA) is 50.3 Å². The molecule has 2 fully saturated rings. The first-order chi connectivity index (χ1) is 10.2. The molecule has 0 radical (unpaired) electrons. The van der Waals surface area contributed by atoms with Crippen molar-refractivity contribution in [3.8, 4) is 0 Å². The Labute approximate surface area is 127 Å². The maximum atomic E-state index is 5.92. The molecule has 0 amide bonds. The molecule has 2 heterocycles. The Morgan fingerprint density at radius 1 is 1.29 bits per heavy atom. The van der Waals surface area contributed by atoms with Crippen LogP contribution in [-0.2, 0) is 11.3 Å². The summed E-state index contributed by atoms with van der Waals surface area (Å²) in [6, 6.07) is 0.954. The van der Waals surface area contributed by atoms with Crippen molar-refractivity contribution in [2.75, 3.05) is 18.1 Å². The molecule has 1 saturated heterocycles. The van der Waals surface area contributed by atoms with Crippen molar-refractivity contribution in [2.24, 2.45) is 0 Å². The van der Waals surface area contributed by atoms with Crippen LogP contribution in [0.4, 0.5) is 5.82 Å². The fraction of sp³-hybridized carbons (Fsp3) is 0.750. The number of morpholine rings is 1. The van der Waals surface area contributed by atoms with E-state index in [1.54, 1.807) is 0 Å². The number of anilines is 1. The van der Waals surface area contributed by atoms with Gasteiger partial charge in [-0.3, -0.25) is 4.98 Å². The number of hydrogen-bond donors (Lipinski definition) is 1. The summed E-state index contributed by atoms with van der Waals surface area (Å²) in [4.78, 5) is 11.6. The number of hydrogen-bond acceptors (Lipinski definition) is 5. The molecule has 1 aliphatic carbocycles. The summed E-state index contributed by atoms with van der Waals surface area (Å²) in [5.41, 5.74) is 1.00. The van der Waals surface area contributed by atoms with Gasteiger partial charge in [-0.1, -0.05) is 26.7 Å². The number of aromatic nitrogens is 2. The molecule has 0 bridgehead atoms. The lowest BCUT2D eigenvalue weighted by molar-refractivity contribution is -0.00901. The van der Waals surface area contributed by atoms with Gasteiger partial charge in [0, 0.05) is 19.1 Å². The molecule has 1 aromatic heterocycles. The Morgan fingerprint density at radius 3 is 2.90 bits per heavy atom. The lowest BCUT2D eigenvalue weighted by atomic mass is 9.90. The van der Waals surface area contributed by atoms with Gasteiger partial charge in [-0.05, 0) is 12.8 Å². The van der Waals surface area contributed by atoms with Gasteiger partial charge in [0.2, 0.25) is 0 Å². The van der Waals surface area contributed by atoms with Gasteiger partial charge in [0.15, 0.2) is 0 Å². The molecule has 5 nitrogen and oxygen atoms in total. The molecule has 1 saturated carbocycles. The lowest BCUT2D eigenvalue weighted by Crippen LogP contribution is -2.53. The first-order valence-electron chi connectivity index (χ1n) is 8.16. The predicted molar refractivity (Wildman–Crippen MR) is 83.3 cm³/mol. The molecule has 5 heteroatoms. The fourth-order valence-corrected chi connectivity index (χ4v) is 3.28. The van der Waals surface area contributed by atoms with Crippen LogP contribution in [-0.4, -0.2) is 41.3 Å². The number of fused-ring (bicyclic) bond motifs is 1. The minimum absolute atomic E-state index is 0.386. The smallest absolute Gasteiger partial charge is 0.147 e. The third-order valence-corrected chi connectivity index (χ3v) is 4.41.